The summed E-state index contributed by atoms with van der Waals surface area (Å²) in [5.74, 6) is 1.88. The number of ketones is 1. The van der Waals surface area contributed by atoms with Crippen LogP contribution in [0.5, 0.6) is 28.7 Å². The minimum atomic E-state index is -2.80. The molecule has 0 aliphatic carbocycles. The zero-order valence-electron chi connectivity index (χ0n) is 86.0. The maximum absolute atomic E-state index is 15.4. The molecule has 7 rings (SSSR count). The highest BCUT2D eigenvalue weighted by Crippen LogP contribution is 2.48. The van der Waals surface area contributed by atoms with E-state index in [0.717, 1.165) is 68.1 Å². The van der Waals surface area contributed by atoms with Gasteiger partial charge < -0.3 is 52.4 Å². The van der Waals surface area contributed by atoms with E-state index in [-0.39, 0.29) is 36.1 Å². The van der Waals surface area contributed by atoms with Gasteiger partial charge in [-0.2, -0.15) is 0 Å². The van der Waals surface area contributed by atoms with Crippen molar-refractivity contribution in [3.05, 3.63) is 126 Å². The van der Waals surface area contributed by atoms with Crippen LogP contribution in [-0.2, 0) is 33.8 Å². The van der Waals surface area contributed by atoms with Crippen LogP contribution in [0.2, 0.25) is 18.1 Å². The molecule has 4 aromatic carbocycles. The van der Waals surface area contributed by atoms with Gasteiger partial charge in [0.2, 0.25) is 5.75 Å². The average molecular weight is 1860 g/mol. The van der Waals surface area contributed by atoms with Crippen molar-refractivity contribution in [1.82, 2.24) is 19.5 Å². The number of anilines is 1. The van der Waals surface area contributed by atoms with E-state index in [1.165, 1.54) is 347 Å². The smallest absolute Gasteiger partial charge is 0.306 e. The summed E-state index contributed by atoms with van der Waals surface area (Å²) in [7, 11) is 0.477. The van der Waals surface area contributed by atoms with E-state index in [4.69, 9.17) is 57.3 Å². The molecule has 3 heterocycles. The molecule has 17 nitrogen and oxygen atoms in total. The molecule has 0 bridgehead atoms. The fourth-order valence-electron chi connectivity index (χ4n) is 18.6. The second-order valence-electron chi connectivity index (χ2n) is 40.4. The lowest BCUT2D eigenvalue weighted by atomic mass is 9.80. The average Bonchev–Trinajstić information content (AvgIpc) is 1.74. The number of amides is 1. The van der Waals surface area contributed by atoms with Gasteiger partial charge in [0, 0.05) is 12.0 Å². The summed E-state index contributed by atoms with van der Waals surface area (Å²) in [6.45, 7) is 20.5. The molecule has 0 spiro atoms. The maximum Gasteiger partial charge on any atom is 0.306 e. The standard InChI is InChI=1S/C115H187N5O12Si/c1-12-15-18-21-24-27-30-33-36-39-42-45-48-51-54-57-60-63-66-72-87-126-102-90-96(91-103(127-88-73-67-64-61-58-55-52-49-46-43-40-37-34-31-28-25-22-19-16-13-2)107(102)128-89-74-68-65-62-59-56-53-50-47-44-41-38-35-32-29-26-23-20-17-14-3)112(123)119-110-106-111(117-93-116-110)120(94-118-106)113-109(132-133(10,11)114(5,6)7)108(131-105(122)86-77-95(4)121)104(130-113)92-129-115(97-75-70-69-71-76-97,98-78-82-100(124-8)83-79-98)99-80-84-101(125-9)85-81-99/h69-71,75-76,78-85,90-91,93-94,104,108-109,113H,12-68,72-74,77,86-89,92H2,1-11H3,(H,116,117,119,123)/t104-,108-,109-,113-/m1/s1. The first kappa shape index (κ1) is 113. The first-order valence-electron chi connectivity index (χ1n) is 54.5. The highest BCUT2D eigenvalue weighted by Gasteiger charge is 2.54. The number of rotatable bonds is 83. The number of hydrogen-bond donors (Lipinski definition) is 1. The molecule has 133 heavy (non-hydrogen) atoms. The molecule has 1 saturated heterocycles. The van der Waals surface area contributed by atoms with E-state index >= 15 is 4.79 Å². The van der Waals surface area contributed by atoms with Crippen molar-refractivity contribution in [1.29, 1.82) is 0 Å². The van der Waals surface area contributed by atoms with Crippen LogP contribution in [0, 0.1) is 0 Å². The number of nitrogens with one attached hydrogen (secondary N) is 1. The Bertz CT molecular complexity index is 3850. The van der Waals surface area contributed by atoms with Gasteiger partial charge in [-0.05, 0) is 97.4 Å². The molecule has 0 unspecified atom stereocenters. The Hall–Kier alpha value is -6.86. The molecular formula is C115H187N5O12Si. The summed E-state index contributed by atoms with van der Waals surface area (Å²) in [6, 6.07) is 29.2. The monoisotopic (exact) mass is 1860 g/mol. The van der Waals surface area contributed by atoms with Gasteiger partial charge in [-0.15, -0.1) is 0 Å². The van der Waals surface area contributed by atoms with Gasteiger partial charge in [0.1, 0.15) is 41.4 Å². The highest BCUT2D eigenvalue weighted by molar-refractivity contribution is 6.74. The Morgan fingerprint density at radius 1 is 0.421 bits per heavy atom. The number of aromatic nitrogens is 4. The maximum atomic E-state index is 15.4. The lowest BCUT2D eigenvalue weighted by molar-refractivity contribution is -0.159. The van der Waals surface area contributed by atoms with Gasteiger partial charge in [-0.25, -0.2) is 15.0 Å². The van der Waals surface area contributed by atoms with Gasteiger partial charge in [-0.3, -0.25) is 14.2 Å². The third-order valence-electron chi connectivity index (χ3n) is 28.0. The number of fused-ring (bicyclic) bond motifs is 1. The van der Waals surface area contributed by atoms with E-state index in [1.807, 2.05) is 91.0 Å². The number of nitrogens with zero attached hydrogens (tertiary/aromatic N) is 4. The summed E-state index contributed by atoms with van der Waals surface area (Å²) in [5, 5.41) is 2.85. The number of carbonyl (C=O) groups is 3. The first-order chi connectivity index (χ1) is 65.0. The van der Waals surface area contributed by atoms with Gasteiger partial charge in [0.05, 0.1) is 53.4 Å². The lowest BCUT2D eigenvalue weighted by Gasteiger charge is -2.40. The third-order valence-corrected chi connectivity index (χ3v) is 32.5. The molecule has 4 atom stereocenters. The number of ether oxygens (including phenoxy) is 8. The van der Waals surface area contributed by atoms with Crippen LogP contribution in [0.3, 0.4) is 0 Å². The fraction of sp³-hybridized carbons (Fsp3) is 0.722. The van der Waals surface area contributed by atoms with Gasteiger partial charge in [0.25, 0.3) is 5.91 Å². The Morgan fingerprint density at radius 2 is 0.767 bits per heavy atom. The molecule has 1 aliphatic rings. The summed E-state index contributed by atoms with van der Waals surface area (Å²) < 4.78 is 62.9. The number of unbranched alkanes of at least 4 members (excludes halogenated alkanes) is 57. The molecule has 18 heteroatoms. The van der Waals surface area contributed by atoms with Crippen LogP contribution in [0.4, 0.5) is 5.82 Å². The Kier molecular flexibility index (Phi) is 58.7. The van der Waals surface area contributed by atoms with Crippen LogP contribution in [0.1, 0.15) is 480 Å². The number of Topliss-reactive ketones (excluding diaryl/α,β-unsaturated/α-hetero) is 1. The van der Waals surface area contributed by atoms with Crippen molar-refractivity contribution in [3.63, 3.8) is 0 Å². The van der Waals surface area contributed by atoms with Crippen molar-refractivity contribution in [3.8, 4) is 28.7 Å². The number of esters is 1. The predicted molar refractivity (Wildman–Crippen MR) is 554 cm³/mol. The van der Waals surface area contributed by atoms with Crippen molar-refractivity contribution >= 4 is 43.0 Å². The fourth-order valence-corrected chi connectivity index (χ4v) is 19.9. The third kappa shape index (κ3) is 43.8. The van der Waals surface area contributed by atoms with E-state index in [9.17, 15) is 9.59 Å². The van der Waals surface area contributed by atoms with Crippen LogP contribution < -0.4 is 29.0 Å². The molecule has 1 N–H and O–H groups in total. The summed E-state index contributed by atoms with van der Waals surface area (Å²) in [5.41, 5.74) is 2.09. The molecule has 1 amide bonds. The topological polar surface area (TPSA) is 190 Å². The van der Waals surface area contributed by atoms with Crippen molar-refractivity contribution in [2.24, 2.45) is 0 Å². The molecule has 748 valence electrons. The number of carbonyl (C=O) groups excluding carboxylic acids is 3. The number of imidazole rings is 1. The minimum absolute atomic E-state index is 0.00594. The van der Waals surface area contributed by atoms with Crippen molar-refractivity contribution in [2.45, 2.75) is 495 Å². The van der Waals surface area contributed by atoms with Crippen LogP contribution in [0.25, 0.3) is 11.2 Å². The summed E-state index contributed by atoms with van der Waals surface area (Å²) >= 11 is 0. The minimum Gasteiger partial charge on any atom is -0.497 e. The number of hydrogen-bond acceptors (Lipinski definition) is 15. The molecule has 1 fully saturated rings. The largest absolute Gasteiger partial charge is 0.497 e. The van der Waals surface area contributed by atoms with Crippen molar-refractivity contribution in [2.75, 3.05) is 46.0 Å². The number of benzene rings is 4. The second-order valence-corrected chi connectivity index (χ2v) is 45.1. The quantitative estimate of drug-likeness (QED) is 0.0164. The molecule has 1 aliphatic heterocycles. The van der Waals surface area contributed by atoms with Crippen LogP contribution in [-0.4, -0.2) is 104 Å². The molecule has 2 aromatic heterocycles. The lowest BCUT2D eigenvalue weighted by Crippen LogP contribution is -2.50. The van der Waals surface area contributed by atoms with Crippen LogP contribution >= 0.6 is 0 Å². The Labute approximate surface area is 809 Å². The van der Waals surface area contributed by atoms with E-state index in [2.05, 4.69) is 60.0 Å². The first-order valence-corrected chi connectivity index (χ1v) is 57.4. The van der Waals surface area contributed by atoms with Gasteiger partial charge in [-0.1, -0.05) is 462 Å². The zero-order valence-corrected chi connectivity index (χ0v) is 87.0. The summed E-state index contributed by atoms with van der Waals surface area (Å²) in [6.07, 6.45) is 77.7. The Balaban J connectivity index is 1.10. The molecule has 0 saturated carbocycles. The van der Waals surface area contributed by atoms with Crippen molar-refractivity contribution < 1.29 is 56.7 Å². The van der Waals surface area contributed by atoms with E-state index in [1.54, 1.807) is 25.1 Å². The number of methoxy groups -OCH3 is 2. The van der Waals surface area contributed by atoms with E-state index in [0.29, 0.717) is 65.3 Å². The zero-order chi connectivity index (χ0) is 94.9. The highest BCUT2D eigenvalue weighted by atomic mass is 28.4. The summed E-state index contributed by atoms with van der Waals surface area (Å²) in [4.78, 5) is 57.0. The molecule has 6 aromatic rings. The normalized spacial score (nSPS) is 14.7. The van der Waals surface area contributed by atoms with Crippen LogP contribution in [0.15, 0.2) is 104 Å². The SMILES string of the molecule is CCCCCCCCCCCCCCCCCCCCCCOc1cc(C(=O)Nc2ncnc3c2ncn3[C@@H]2O[C@H](COC(c3ccccc3)(c3ccc(OC)cc3)c3ccc(OC)cc3)[C@@H](OC(=O)CCC(C)=O)[C@H]2O[Si](C)(C)C(C)(C)C)cc(OCCCCCCCCCCCCCCCCCCCCCC)c1OCCCCCCCCCCCCCCCCCCCCCC. The van der Waals surface area contributed by atoms with Gasteiger partial charge in [0.15, 0.2) is 49.1 Å². The second kappa shape index (κ2) is 69.0. The van der Waals surface area contributed by atoms with Gasteiger partial charge >= 0.3 is 5.97 Å². The Morgan fingerprint density at radius 3 is 1.11 bits per heavy atom. The van der Waals surface area contributed by atoms with E-state index < -0.39 is 50.3 Å². The molecular weight excluding hydrogens is 1670 g/mol. The predicted octanol–water partition coefficient (Wildman–Crippen LogP) is 33.3. The molecule has 0 radical (unpaired) electrons.